The van der Waals surface area contributed by atoms with E-state index in [9.17, 15) is 13.2 Å². The molecule has 0 saturated heterocycles. The lowest BCUT2D eigenvalue weighted by molar-refractivity contribution is -0.137. The van der Waals surface area contributed by atoms with Crippen LogP contribution in [-0.2, 0) is 6.18 Å². The maximum Gasteiger partial charge on any atom is 0.417 e. The fraction of sp³-hybridized carbons (Fsp3) is 0.0625. The molecule has 114 valence electrons. The van der Waals surface area contributed by atoms with Gasteiger partial charge in [-0.3, -0.25) is 4.98 Å². The standard InChI is InChI=1S/C11H7ClF3N.C5H5N/c12-7-3-4-9(11(13,14)15)8(6-7)10-2-1-5-16-10;1-2-4-6-5-3-1/h1-6,16H;1-5H. The molecule has 2 heterocycles. The highest BCUT2D eigenvalue weighted by Gasteiger charge is 2.33. The Morgan fingerprint density at radius 3 is 2.14 bits per heavy atom. The van der Waals surface area contributed by atoms with Gasteiger partial charge in [-0.1, -0.05) is 17.7 Å². The first-order valence-electron chi connectivity index (χ1n) is 6.34. The number of aromatic nitrogens is 2. The number of rotatable bonds is 1. The van der Waals surface area contributed by atoms with E-state index in [1.54, 1.807) is 30.7 Å². The highest BCUT2D eigenvalue weighted by molar-refractivity contribution is 6.30. The predicted molar refractivity (Wildman–Crippen MR) is 80.5 cm³/mol. The minimum Gasteiger partial charge on any atom is -0.361 e. The first kappa shape index (κ1) is 16.1. The average molecular weight is 325 g/mol. The summed E-state index contributed by atoms with van der Waals surface area (Å²) in [7, 11) is 0. The lowest BCUT2D eigenvalue weighted by Crippen LogP contribution is -2.07. The summed E-state index contributed by atoms with van der Waals surface area (Å²) in [5.74, 6) is 0. The van der Waals surface area contributed by atoms with Crippen LogP contribution in [0, 0.1) is 0 Å². The third-order valence-corrected chi connectivity index (χ3v) is 2.98. The van der Waals surface area contributed by atoms with Crippen molar-refractivity contribution in [2.75, 3.05) is 0 Å². The van der Waals surface area contributed by atoms with E-state index in [0.717, 1.165) is 6.07 Å². The van der Waals surface area contributed by atoms with Crippen LogP contribution < -0.4 is 0 Å². The topological polar surface area (TPSA) is 28.7 Å². The van der Waals surface area contributed by atoms with Crippen LogP contribution in [0.1, 0.15) is 5.56 Å². The Morgan fingerprint density at radius 1 is 0.955 bits per heavy atom. The molecular formula is C16H12ClF3N2. The predicted octanol–water partition coefficient (Wildman–Crippen LogP) is 5.44. The number of pyridine rings is 1. The van der Waals surface area contributed by atoms with Crippen molar-refractivity contribution in [3.8, 4) is 11.3 Å². The van der Waals surface area contributed by atoms with Crippen LogP contribution >= 0.6 is 11.6 Å². The fourth-order valence-electron chi connectivity index (χ4n) is 1.80. The molecule has 2 nitrogen and oxygen atoms in total. The second-order valence-corrected chi connectivity index (χ2v) is 4.73. The number of hydrogen-bond acceptors (Lipinski definition) is 1. The molecule has 1 N–H and O–H groups in total. The summed E-state index contributed by atoms with van der Waals surface area (Å²) in [4.78, 5) is 6.52. The summed E-state index contributed by atoms with van der Waals surface area (Å²) in [6.45, 7) is 0. The highest BCUT2D eigenvalue weighted by Crippen LogP contribution is 2.37. The summed E-state index contributed by atoms with van der Waals surface area (Å²) in [6, 6.07) is 12.4. The largest absolute Gasteiger partial charge is 0.417 e. The summed E-state index contributed by atoms with van der Waals surface area (Å²) >= 11 is 5.70. The van der Waals surface area contributed by atoms with E-state index in [2.05, 4.69) is 9.97 Å². The van der Waals surface area contributed by atoms with E-state index >= 15 is 0 Å². The van der Waals surface area contributed by atoms with E-state index in [1.807, 2.05) is 18.2 Å². The molecule has 0 atom stereocenters. The number of benzene rings is 1. The quantitative estimate of drug-likeness (QED) is 0.634. The van der Waals surface area contributed by atoms with Crippen molar-refractivity contribution >= 4 is 11.6 Å². The zero-order chi connectivity index (χ0) is 16.0. The van der Waals surface area contributed by atoms with Gasteiger partial charge in [0, 0.05) is 34.9 Å². The maximum absolute atomic E-state index is 12.7. The van der Waals surface area contributed by atoms with Gasteiger partial charge >= 0.3 is 6.18 Å². The van der Waals surface area contributed by atoms with Gasteiger partial charge in [-0.15, -0.1) is 0 Å². The van der Waals surface area contributed by atoms with Crippen LogP contribution in [0.25, 0.3) is 11.3 Å². The Kier molecular flexibility index (Phi) is 5.22. The molecule has 0 aliphatic carbocycles. The monoisotopic (exact) mass is 324 g/mol. The molecule has 0 aliphatic rings. The minimum atomic E-state index is -4.38. The third-order valence-electron chi connectivity index (χ3n) is 2.74. The van der Waals surface area contributed by atoms with Gasteiger partial charge in [0.25, 0.3) is 0 Å². The van der Waals surface area contributed by atoms with Gasteiger partial charge < -0.3 is 4.98 Å². The molecule has 0 radical (unpaired) electrons. The highest BCUT2D eigenvalue weighted by atomic mass is 35.5. The molecule has 1 aromatic carbocycles. The van der Waals surface area contributed by atoms with Crippen molar-refractivity contribution in [1.29, 1.82) is 0 Å². The summed E-state index contributed by atoms with van der Waals surface area (Å²) in [6.07, 6.45) is 0.682. The second-order valence-electron chi connectivity index (χ2n) is 4.30. The minimum absolute atomic E-state index is 0.0602. The molecule has 6 heteroatoms. The van der Waals surface area contributed by atoms with Crippen molar-refractivity contribution in [3.63, 3.8) is 0 Å². The van der Waals surface area contributed by atoms with Gasteiger partial charge in [0.1, 0.15) is 0 Å². The number of aromatic amines is 1. The van der Waals surface area contributed by atoms with Crippen LogP contribution in [0.15, 0.2) is 67.1 Å². The van der Waals surface area contributed by atoms with Crippen molar-refractivity contribution in [2.24, 2.45) is 0 Å². The first-order valence-corrected chi connectivity index (χ1v) is 6.72. The first-order chi connectivity index (χ1) is 10.5. The van der Waals surface area contributed by atoms with Crippen LogP contribution in [-0.4, -0.2) is 9.97 Å². The number of alkyl halides is 3. The normalized spacial score (nSPS) is 10.7. The lowest BCUT2D eigenvalue weighted by atomic mass is 10.0. The number of hydrogen-bond donors (Lipinski definition) is 1. The van der Waals surface area contributed by atoms with Crippen molar-refractivity contribution in [3.05, 3.63) is 77.7 Å². The molecule has 0 fully saturated rings. The van der Waals surface area contributed by atoms with Crippen LogP contribution in [0.4, 0.5) is 13.2 Å². The van der Waals surface area contributed by atoms with E-state index in [-0.39, 0.29) is 10.6 Å². The molecule has 2 aromatic heterocycles. The zero-order valence-electron chi connectivity index (χ0n) is 11.3. The number of halogens is 4. The van der Waals surface area contributed by atoms with Gasteiger partial charge in [0.15, 0.2) is 0 Å². The fourth-order valence-corrected chi connectivity index (χ4v) is 1.97. The smallest absolute Gasteiger partial charge is 0.361 e. The molecule has 22 heavy (non-hydrogen) atoms. The van der Waals surface area contributed by atoms with Crippen LogP contribution in [0.5, 0.6) is 0 Å². The van der Waals surface area contributed by atoms with Gasteiger partial charge in [-0.05, 0) is 42.5 Å². The summed E-state index contributed by atoms with van der Waals surface area (Å²) in [5.41, 5.74) is -0.237. The molecule has 0 aliphatic heterocycles. The summed E-state index contributed by atoms with van der Waals surface area (Å²) < 4.78 is 38.1. The molecule has 3 aromatic rings. The van der Waals surface area contributed by atoms with Crippen LogP contribution in [0.2, 0.25) is 5.02 Å². The summed E-state index contributed by atoms with van der Waals surface area (Å²) in [5, 5.41) is 0.276. The SMILES string of the molecule is FC(F)(F)c1ccc(Cl)cc1-c1ccc[nH]1.c1ccncc1. The van der Waals surface area contributed by atoms with Gasteiger partial charge in [-0.2, -0.15) is 13.2 Å². The van der Waals surface area contributed by atoms with E-state index < -0.39 is 11.7 Å². The van der Waals surface area contributed by atoms with Crippen molar-refractivity contribution < 1.29 is 13.2 Å². The Morgan fingerprint density at radius 2 is 1.68 bits per heavy atom. The zero-order valence-corrected chi connectivity index (χ0v) is 12.1. The van der Waals surface area contributed by atoms with E-state index in [0.29, 0.717) is 5.69 Å². The lowest BCUT2D eigenvalue weighted by Gasteiger charge is -2.12. The molecule has 0 unspecified atom stereocenters. The van der Waals surface area contributed by atoms with Gasteiger partial charge in [0.2, 0.25) is 0 Å². The van der Waals surface area contributed by atoms with E-state index in [1.165, 1.54) is 12.1 Å². The molecule has 0 spiro atoms. The Balaban J connectivity index is 0.000000246. The van der Waals surface area contributed by atoms with Gasteiger partial charge in [0.05, 0.1) is 5.56 Å². The Labute approximate surface area is 130 Å². The van der Waals surface area contributed by atoms with Crippen molar-refractivity contribution in [2.45, 2.75) is 6.18 Å². The molecule has 0 amide bonds. The number of nitrogens with one attached hydrogen (secondary N) is 1. The van der Waals surface area contributed by atoms with E-state index in [4.69, 9.17) is 11.6 Å². The molecule has 0 bridgehead atoms. The van der Waals surface area contributed by atoms with Crippen molar-refractivity contribution in [1.82, 2.24) is 9.97 Å². The maximum atomic E-state index is 12.7. The molecule has 3 rings (SSSR count). The van der Waals surface area contributed by atoms with Crippen LogP contribution in [0.3, 0.4) is 0 Å². The third kappa shape index (κ3) is 4.36. The molecule has 0 saturated carbocycles. The Bertz CT molecular complexity index is 668. The second kappa shape index (κ2) is 7.13. The number of H-pyrrole nitrogens is 1. The van der Waals surface area contributed by atoms with Gasteiger partial charge in [-0.25, -0.2) is 0 Å². The Hall–Kier alpha value is -2.27. The number of nitrogens with zero attached hydrogens (tertiary/aromatic N) is 1. The molecular weight excluding hydrogens is 313 g/mol. The average Bonchev–Trinajstić information content (AvgIpc) is 3.02.